The van der Waals surface area contributed by atoms with Gasteiger partial charge in [0.2, 0.25) is 0 Å². The summed E-state index contributed by atoms with van der Waals surface area (Å²) in [6, 6.07) is 3.38. The van der Waals surface area contributed by atoms with Crippen LogP contribution in [0.15, 0.2) is 26.1 Å². The number of guanidine groups is 1. The molecule has 1 amide bonds. The molecule has 0 atom stereocenters. The molecule has 21 heavy (non-hydrogen) atoms. The highest BCUT2D eigenvalue weighted by Crippen LogP contribution is 2.32. The number of nitrogens with one attached hydrogen (secondary N) is 1. The highest BCUT2D eigenvalue weighted by molar-refractivity contribution is 9.11. The van der Waals surface area contributed by atoms with Gasteiger partial charge in [0, 0.05) is 21.1 Å². The van der Waals surface area contributed by atoms with Crippen LogP contribution in [0.2, 0.25) is 0 Å². The summed E-state index contributed by atoms with van der Waals surface area (Å²) in [6.07, 6.45) is 2.19. The minimum atomic E-state index is -0.471. The first-order valence-electron chi connectivity index (χ1n) is 5.82. The number of amides is 1. The van der Waals surface area contributed by atoms with Crippen LogP contribution in [0.1, 0.15) is 30.1 Å². The van der Waals surface area contributed by atoms with Crippen molar-refractivity contribution < 1.29 is 4.79 Å². The summed E-state index contributed by atoms with van der Waals surface area (Å²) >= 11 is 6.86. The lowest BCUT2D eigenvalue weighted by atomic mass is 10.2. The quantitative estimate of drug-likeness (QED) is 0.352. The summed E-state index contributed by atoms with van der Waals surface area (Å²) in [7, 11) is 0. The molecule has 0 spiro atoms. The summed E-state index contributed by atoms with van der Waals surface area (Å²) < 4.78 is 1.57. The molecule has 1 aromatic carbocycles. The second-order valence-corrected chi connectivity index (χ2v) is 5.65. The first-order valence-corrected chi connectivity index (χ1v) is 7.41. The van der Waals surface area contributed by atoms with Crippen molar-refractivity contribution >= 4 is 74.2 Å². The van der Waals surface area contributed by atoms with Crippen LogP contribution in [0.3, 0.4) is 0 Å². The Morgan fingerprint density at radius 3 is 2.19 bits per heavy atom. The first kappa shape index (κ1) is 22.8. The maximum atomic E-state index is 11.7. The van der Waals surface area contributed by atoms with Crippen LogP contribution < -0.4 is 16.8 Å². The lowest BCUT2D eigenvalue weighted by Gasteiger charge is -2.11. The molecular formula is C12H18Br2Cl2N4O. The minimum absolute atomic E-state index is 0. The molecule has 1 rings (SSSR count). The number of rotatable bonds is 5. The Labute approximate surface area is 153 Å². The molecular weight excluding hydrogens is 447 g/mol. The van der Waals surface area contributed by atoms with Crippen LogP contribution in [0.25, 0.3) is 0 Å². The summed E-state index contributed by atoms with van der Waals surface area (Å²) in [5.74, 6) is -0.719. The lowest BCUT2D eigenvalue weighted by molar-refractivity contribution is 0.100. The topological polar surface area (TPSA) is 93.5 Å². The van der Waals surface area contributed by atoms with Gasteiger partial charge in [0.1, 0.15) is 0 Å². The SMILES string of the molecule is CCCCNc1c(Br)cc(C(=O)N=C(N)N)cc1Br.Cl.Cl. The number of benzene rings is 1. The molecule has 0 saturated carbocycles. The van der Waals surface area contributed by atoms with E-state index in [9.17, 15) is 4.79 Å². The van der Waals surface area contributed by atoms with Gasteiger partial charge in [0.15, 0.2) is 5.96 Å². The molecule has 0 radical (unpaired) electrons. The van der Waals surface area contributed by atoms with Crippen molar-refractivity contribution in [1.82, 2.24) is 0 Å². The smallest absolute Gasteiger partial charge is 0.280 e. The number of halogens is 4. The van der Waals surface area contributed by atoms with Gasteiger partial charge in [-0.1, -0.05) is 13.3 Å². The van der Waals surface area contributed by atoms with E-state index in [0.717, 1.165) is 34.0 Å². The fraction of sp³-hybridized carbons (Fsp3) is 0.333. The maximum Gasteiger partial charge on any atom is 0.280 e. The predicted octanol–water partition coefficient (Wildman–Crippen LogP) is 3.68. The van der Waals surface area contributed by atoms with Gasteiger partial charge in [-0.15, -0.1) is 24.8 Å². The Kier molecular flexibility index (Phi) is 12.1. The first-order chi connectivity index (χ1) is 8.95. The Bertz CT molecular complexity index is 485. The van der Waals surface area contributed by atoms with Gasteiger partial charge in [0.25, 0.3) is 5.91 Å². The van der Waals surface area contributed by atoms with E-state index in [2.05, 4.69) is 49.1 Å². The van der Waals surface area contributed by atoms with E-state index in [-0.39, 0.29) is 30.8 Å². The van der Waals surface area contributed by atoms with Crippen LogP contribution in [0.5, 0.6) is 0 Å². The van der Waals surface area contributed by atoms with E-state index in [1.807, 2.05) is 0 Å². The lowest BCUT2D eigenvalue weighted by Crippen LogP contribution is -2.24. The van der Waals surface area contributed by atoms with E-state index >= 15 is 0 Å². The molecule has 0 aliphatic rings. The van der Waals surface area contributed by atoms with Crippen molar-refractivity contribution in [3.8, 4) is 0 Å². The van der Waals surface area contributed by atoms with Gasteiger partial charge >= 0.3 is 0 Å². The van der Waals surface area contributed by atoms with Crippen molar-refractivity contribution in [1.29, 1.82) is 0 Å². The number of aliphatic imine (C=N–C) groups is 1. The fourth-order valence-corrected chi connectivity index (χ4v) is 2.90. The van der Waals surface area contributed by atoms with Crippen LogP contribution in [0.4, 0.5) is 5.69 Å². The number of nitrogens with two attached hydrogens (primary N) is 2. The van der Waals surface area contributed by atoms with Crippen LogP contribution in [0, 0.1) is 0 Å². The zero-order valence-electron chi connectivity index (χ0n) is 11.4. The second-order valence-electron chi connectivity index (χ2n) is 3.94. The van der Waals surface area contributed by atoms with Gasteiger partial charge in [-0.05, 0) is 50.4 Å². The van der Waals surface area contributed by atoms with Crippen molar-refractivity contribution in [3.05, 3.63) is 26.6 Å². The third-order valence-electron chi connectivity index (χ3n) is 2.35. The molecule has 9 heteroatoms. The third-order valence-corrected chi connectivity index (χ3v) is 3.60. The average Bonchev–Trinajstić information content (AvgIpc) is 2.31. The van der Waals surface area contributed by atoms with Gasteiger partial charge in [-0.2, -0.15) is 4.99 Å². The Morgan fingerprint density at radius 1 is 1.24 bits per heavy atom. The monoisotopic (exact) mass is 462 g/mol. The van der Waals surface area contributed by atoms with Crippen molar-refractivity contribution in [2.24, 2.45) is 16.5 Å². The van der Waals surface area contributed by atoms with Crippen LogP contribution >= 0.6 is 56.7 Å². The average molecular weight is 465 g/mol. The molecule has 5 N–H and O–H groups in total. The molecule has 0 aromatic heterocycles. The molecule has 1 aromatic rings. The normalized spacial score (nSPS) is 9.10. The van der Waals surface area contributed by atoms with Crippen molar-refractivity contribution in [2.45, 2.75) is 19.8 Å². The summed E-state index contributed by atoms with van der Waals surface area (Å²) in [5.41, 5.74) is 11.7. The molecule has 120 valence electrons. The molecule has 0 aliphatic heterocycles. The van der Waals surface area contributed by atoms with Crippen LogP contribution in [-0.4, -0.2) is 18.4 Å². The standard InChI is InChI=1S/C12H16Br2N4O.2ClH/c1-2-3-4-17-10-8(13)5-7(6-9(10)14)11(19)18-12(15)16;;/h5-6,17H,2-4H2,1H3,(H4,15,16,18,19);2*1H. The van der Waals surface area contributed by atoms with Crippen molar-refractivity contribution in [3.63, 3.8) is 0 Å². The molecule has 0 aliphatic carbocycles. The van der Waals surface area contributed by atoms with E-state index in [4.69, 9.17) is 11.5 Å². The molecule has 0 unspecified atom stereocenters. The number of hydrogen-bond donors (Lipinski definition) is 3. The Hall–Kier alpha value is -0.500. The van der Waals surface area contributed by atoms with Gasteiger partial charge < -0.3 is 16.8 Å². The zero-order chi connectivity index (χ0) is 14.4. The van der Waals surface area contributed by atoms with Gasteiger partial charge in [-0.3, -0.25) is 4.79 Å². The number of nitrogens with zero attached hydrogens (tertiary/aromatic N) is 1. The van der Waals surface area contributed by atoms with Gasteiger partial charge in [-0.25, -0.2) is 0 Å². The maximum absolute atomic E-state index is 11.7. The second kappa shape index (κ2) is 11.1. The van der Waals surface area contributed by atoms with Crippen LogP contribution in [-0.2, 0) is 0 Å². The van der Waals surface area contributed by atoms with E-state index < -0.39 is 5.91 Å². The minimum Gasteiger partial charge on any atom is -0.383 e. The number of carbonyl (C=O) groups excluding carboxylic acids is 1. The molecule has 5 nitrogen and oxygen atoms in total. The summed E-state index contributed by atoms with van der Waals surface area (Å²) in [6.45, 7) is 3.00. The summed E-state index contributed by atoms with van der Waals surface area (Å²) in [4.78, 5) is 15.2. The molecule has 0 saturated heterocycles. The molecule has 0 heterocycles. The molecule has 0 fully saturated rings. The third kappa shape index (κ3) is 7.35. The van der Waals surface area contributed by atoms with Crippen molar-refractivity contribution in [2.75, 3.05) is 11.9 Å². The van der Waals surface area contributed by atoms with E-state index in [1.165, 1.54) is 0 Å². The van der Waals surface area contributed by atoms with E-state index in [1.54, 1.807) is 12.1 Å². The van der Waals surface area contributed by atoms with E-state index in [0.29, 0.717) is 5.56 Å². The number of anilines is 1. The molecule has 0 bridgehead atoms. The number of unbranched alkanes of at least 4 members (excludes halogenated alkanes) is 1. The highest BCUT2D eigenvalue weighted by atomic mass is 79.9. The Morgan fingerprint density at radius 2 is 1.76 bits per heavy atom. The van der Waals surface area contributed by atoms with Gasteiger partial charge in [0.05, 0.1) is 5.69 Å². The highest BCUT2D eigenvalue weighted by Gasteiger charge is 2.12. The zero-order valence-corrected chi connectivity index (χ0v) is 16.2. The largest absolute Gasteiger partial charge is 0.383 e. The fourth-order valence-electron chi connectivity index (χ4n) is 1.44. The predicted molar refractivity (Wildman–Crippen MR) is 99.9 cm³/mol. The summed E-state index contributed by atoms with van der Waals surface area (Å²) in [5, 5.41) is 3.30. The number of hydrogen-bond acceptors (Lipinski definition) is 2. The number of carbonyl (C=O) groups is 1. The Balaban J connectivity index is 0.